The van der Waals surface area contributed by atoms with Gasteiger partial charge in [0.25, 0.3) is 0 Å². The van der Waals surface area contributed by atoms with Crippen LogP contribution in [0.15, 0.2) is 30.3 Å². The van der Waals surface area contributed by atoms with Crippen molar-refractivity contribution < 1.29 is 19.4 Å². The molecule has 4 heteroatoms. The van der Waals surface area contributed by atoms with Gasteiger partial charge in [0.1, 0.15) is 11.3 Å². The Morgan fingerprint density at radius 1 is 1.39 bits per heavy atom. The Morgan fingerprint density at radius 3 is 2.78 bits per heavy atom. The Kier molecular flexibility index (Phi) is 3.28. The molecule has 18 heavy (non-hydrogen) atoms. The minimum absolute atomic E-state index is 0.0117. The number of aromatic hydroxyl groups is 1. The molecule has 0 saturated heterocycles. The zero-order valence-corrected chi connectivity index (χ0v) is 9.84. The van der Waals surface area contributed by atoms with Crippen LogP contribution in [-0.4, -0.2) is 24.0 Å². The Balaban J connectivity index is 2.72. The fourth-order valence-corrected chi connectivity index (χ4v) is 1.85. The number of benzene rings is 2. The number of carbonyl (C=O) groups excluding carboxylic acids is 2. The van der Waals surface area contributed by atoms with Crippen molar-refractivity contribution in [2.75, 3.05) is 6.61 Å². The van der Waals surface area contributed by atoms with Crippen molar-refractivity contribution in [3.8, 4) is 5.75 Å². The Morgan fingerprint density at radius 2 is 2.11 bits per heavy atom. The molecule has 0 bridgehead atoms. The van der Waals surface area contributed by atoms with Gasteiger partial charge in [-0.3, -0.25) is 4.79 Å². The first-order chi connectivity index (χ1) is 8.69. The highest BCUT2D eigenvalue weighted by molar-refractivity contribution is 6.07. The highest BCUT2D eigenvalue weighted by Gasteiger charge is 2.18. The highest BCUT2D eigenvalue weighted by atomic mass is 16.5. The molecule has 2 rings (SSSR count). The first-order valence-corrected chi connectivity index (χ1v) is 5.56. The molecule has 1 N–H and O–H groups in total. The molecule has 0 fully saturated rings. The van der Waals surface area contributed by atoms with Crippen molar-refractivity contribution in [3.05, 3.63) is 41.5 Å². The summed E-state index contributed by atoms with van der Waals surface area (Å²) in [7, 11) is 0. The first-order valence-electron chi connectivity index (χ1n) is 5.56. The van der Waals surface area contributed by atoms with Crippen molar-refractivity contribution in [2.45, 2.75) is 6.92 Å². The number of carbonyl (C=O) groups is 2. The predicted octanol–water partition coefficient (Wildman–Crippen LogP) is 2.53. The number of hydrogen-bond donors (Lipinski definition) is 1. The number of hydrogen-bond acceptors (Lipinski definition) is 4. The molecule has 0 radical (unpaired) electrons. The lowest BCUT2D eigenvalue weighted by Crippen LogP contribution is -2.06. The van der Waals surface area contributed by atoms with E-state index in [0.29, 0.717) is 17.1 Å². The van der Waals surface area contributed by atoms with Gasteiger partial charge in [-0.25, -0.2) is 4.79 Å². The van der Waals surface area contributed by atoms with Crippen LogP contribution in [-0.2, 0) is 4.74 Å². The molecule has 92 valence electrons. The lowest BCUT2D eigenvalue weighted by atomic mass is 10.00. The van der Waals surface area contributed by atoms with Crippen LogP contribution in [0.2, 0.25) is 0 Å². The van der Waals surface area contributed by atoms with E-state index in [1.165, 1.54) is 6.07 Å². The summed E-state index contributed by atoms with van der Waals surface area (Å²) in [5.74, 6) is -0.967. The van der Waals surface area contributed by atoms with Gasteiger partial charge in [-0.2, -0.15) is 0 Å². The van der Waals surface area contributed by atoms with Crippen LogP contribution in [0.1, 0.15) is 27.6 Å². The van der Waals surface area contributed by atoms with Crippen LogP contribution in [0.4, 0.5) is 0 Å². The number of fused-ring (bicyclic) bond motifs is 1. The molecule has 2 aromatic carbocycles. The van der Waals surface area contributed by atoms with E-state index < -0.39 is 5.97 Å². The second-order valence-electron chi connectivity index (χ2n) is 3.75. The van der Waals surface area contributed by atoms with Gasteiger partial charge in [0, 0.05) is 0 Å². The lowest BCUT2D eigenvalue weighted by molar-refractivity contribution is 0.0523. The summed E-state index contributed by atoms with van der Waals surface area (Å²) in [6.45, 7) is 1.89. The summed E-state index contributed by atoms with van der Waals surface area (Å²) in [4.78, 5) is 22.7. The first kappa shape index (κ1) is 12.1. The average molecular weight is 244 g/mol. The van der Waals surface area contributed by atoms with Crippen LogP contribution in [0.5, 0.6) is 5.75 Å². The third-order valence-electron chi connectivity index (χ3n) is 2.67. The van der Waals surface area contributed by atoms with E-state index in [1.807, 2.05) is 0 Å². The number of esters is 1. The van der Waals surface area contributed by atoms with Crippen LogP contribution in [0.25, 0.3) is 10.8 Å². The second-order valence-corrected chi connectivity index (χ2v) is 3.75. The molecular formula is C14H12O4. The summed E-state index contributed by atoms with van der Waals surface area (Å²) in [6, 6.07) is 8.57. The molecule has 0 saturated carbocycles. The minimum atomic E-state index is -0.635. The second kappa shape index (κ2) is 4.87. The standard InChI is InChI=1S/C14H12O4/c1-2-18-14(17)11-7-9-5-3-4-6-10(9)12(8-15)13(11)16/h3-8,16H,2H2,1H3. The van der Waals surface area contributed by atoms with Crippen molar-refractivity contribution in [1.82, 2.24) is 0 Å². The van der Waals surface area contributed by atoms with Gasteiger partial charge in [0.2, 0.25) is 0 Å². The maximum absolute atomic E-state index is 11.7. The van der Waals surface area contributed by atoms with Gasteiger partial charge in [-0.05, 0) is 23.8 Å². The minimum Gasteiger partial charge on any atom is -0.506 e. The van der Waals surface area contributed by atoms with E-state index in [4.69, 9.17) is 4.74 Å². The third-order valence-corrected chi connectivity index (χ3v) is 2.67. The highest BCUT2D eigenvalue weighted by Crippen LogP contribution is 2.30. The normalized spacial score (nSPS) is 10.3. The smallest absolute Gasteiger partial charge is 0.341 e. The number of phenols is 1. The quantitative estimate of drug-likeness (QED) is 0.665. The summed E-state index contributed by atoms with van der Waals surface area (Å²) in [5.41, 5.74) is 0.119. The van der Waals surface area contributed by atoms with Gasteiger partial charge < -0.3 is 9.84 Å². The zero-order valence-electron chi connectivity index (χ0n) is 9.84. The SMILES string of the molecule is CCOC(=O)c1cc2ccccc2c(C=O)c1O. The number of aldehydes is 1. The van der Waals surface area contributed by atoms with Crippen LogP contribution >= 0.6 is 0 Å². The fourth-order valence-electron chi connectivity index (χ4n) is 1.85. The Hall–Kier alpha value is -2.36. The maximum atomic E-state index is 11.7. The van der Waals surface area contributed by atoms with Crippen molar-refractivity contribution in [3.63, 3.8) is 0 Å². The van der Waals surface area contributed by atoms with Gasteiger partial charge in [0.15, 0.2) is 6.29 Å². The van der Waals surface area contributed by atoms with E-state index >= 15 is 0 Å². The molecule has 0 amide bonds. The molecular weight excluding hydrogens is 232 g/mol. The molecule has 2 aromatic rings. The van der Waals surface area contributed by atoms with E-state index in [1.54, 1.807) is 31.2 Å². The van der Waals surface area contributed by atoms with E-state index in [2.05, 4.69) is 0 Å². The largest absolute Gasteiger partial charge is 0.506 e. The van der Waals surface area contributed by atoms with Crippen molar-refractivity contribution in [2.24, 2.45) is 0 Å². The molecule has 0 aliphatic heterocycles. The molecule has 4 nitrogen and oxygen atoms in total. The van der Waals surface area contributed by atoms with Crippen LogP contribution in [0.3, 0.4) is 0 Å². The van der Waals surface area contributed by atoms with E-state index in [9.17, 15) is 14.7 Å². The molecule has 0 unspecified atom stereocenters. The average Bonchev–Trinajstić information content (AvgIpc) is 2.38. The summed E-state index contributed by atoms with van der Waals surface area (Å²) < 4.78 is 4.84. The summed E-state index contributed by atoms with van der Waals surface area (Å²) in [5, 5.41) is 11.3. The number of ether oxygens (including phenoxy) is 1. The molecule has 0 aliphatic rings. The number of rotatable bonds is 3. The summed E-state index contributed by atoms with van der Waals surface area (Å²) in [6.07, 6.45) is 0.542. The zero-order chi connectivity index (χ0) is 13.1. The van der Waals surface area contributed by atoms with Gasteiger partial charge in [-0.1, -0.05) is 24.3 Å². The van der Waals surface area contributed by atoms with Gasteiger partial charge in [0.05, 0.1) is 12.2 Å². The summed E-state index contributed by atoms with van der Waals surface area (Å²) >= 11 is 0. The molecule has 0 atom stereocenters. The predicted molar refractivity (Wildman–Crippen MR) is 67.0 cm³/mol. The molecule has 0 heterocycles. The topological polar surface area (TPSA) is 63.6 Å². The van der Waals surface area contributed by atoms with E-state index in [0.717, 1.165) is 0 Å². The number of phenolic OH excluding ortho intramolecular Hbond substituents is 1. The molecule has 0 aromatic heterocycles. The Labute approximate surface area is 104 Å². The third kappa shape index (κ3) is 1.93. The lowest BCUT2D eigenvalue weighted by Gasteiger charge is -2.09. The fraction of sp³-hybridized carbons (Fsp3) is 0.143. The van der Waals surface area contributed by atoms with Gasteiger partial charge >= 0.3 is 5.97 Å². The van der Waals surface area contributed by atoms with Gasteiger partial charge in [-0.15, -0.1) is 0 Å². The molecule has 0 aliphatic carbocycles. The monoisotopic (exact) mass is 244 g/mol. The van der Waals surface area contributed by atoms with Crippen LogP contribution < -0.4 is 0 Å². The maximum Gasteiger partial charge on any atom is 0.341 e. The van der Waals surface area contributed by atoms with Crippen LogP contribution in [0, 0.1) is 0 Å². The van der Waals surface area contributed by atoms with E-state index in [-0.39, 0.29) is 23.5 Å². The van der Waals surface area contributed by atoms with Crippen molar-refractivity contribution >= 4 is 23.0 Å². The Bertz CT molecular complexity index is 616. The molecule has 0 spiro atoms. The van der Waals surface area contributed by atoms with Crippen molar-refractivity contribution in [1.29, 1.82) is 0 Å².